The number of likely N-dealkylation sites (tertiary alicyclic amines) is 1. The number of carboxylic acid groups (broad SMARTS) is 1. The van der Waals surface area contributed by atoms with Crippen molar-refractivity contribution in [2.45, 2.75) is 51.1 Å². The van der Waals surface area contributed by atoms with E-state index in [0.717, 1.165) is 18.4 Å². The molecule has 1 aromatic carbocycles. The molecule has 0 aromatic heterocycles. The van der Waals surface area contributed by atoms with Crippen LogP contribution in [-0.4, -0.2) is 46.5 Å². The van der Waals surface area contributed by atoms with Crippen LogP contribution in [0.2, 0.25) is 0 Å². The highest BCUT2D eigenvalue weighted by Gasteiger charge is 2.49. The predicted molar refractivity (Wildman–Crippen MR) is 100.0 cm³/mol. The molecular formula is C20H27N3O4. The number of nitrogens with one attached hydrogen (secondary N) is 2. The first-order valence-corrected chi connectivity index (χ1v) is 9.47. The van der Waals surface area contributed by atoms with Gasteiger partial charge in [0.15, 0.2) is 0 Å². The molecule has 1 saturated carbocycles. The summed E-state index contributed by atoms with van der Waals surface area (Å²) in [4.78, 5) is 38.7. The summed E-state index contributed by atoms with van der Waals surface area (Å²) in [5.74, 6) is -1.04. The quantitative estimate of drug-likeness (QED) is 0.736. The van der Waals surface area contributed by atoms with E-state index in [-0.39, 0.29) is 18.5 Å². The Morgan fingerprint density at radius 1 is 1.11 bits per heavy atom. The molecule has 0 spiro atoms. The van der Waals surface area contributed by atoms with Gasteiger partial charge in [0.25, 0.3) is 0 Å². The average Bonchev–Trinajstić information content (AvgIpc) is 3.29. The molecule has 1 aliphatic heterocycles. The lowest BCUT2D eigenvalue weighted by Crippen LogP contribution is -2.59. The fourth-order valence-electron chi connectivity index (χ4n) is 4.02. The van der Waals surface area contributed by atoms with Gasteiger partial charge in [-0.05, 0) is 31.7 Å². The number of carbonyl (C=O) groups is 3. The minimum atomic E-state index is -0.926. The predicted octanol–water partition coefficient (Wildman–Crippen LogP) is 2.12. The molecule has 1 atom stereocenters. The second-order valence-corrected chi connectivity index (χ2v) is 7.93. The molecule has 1 aromatic rings. The van der Waals surface area contributed by atoms with Crippen LogP contribution in [0, 0.1) is 5.41 Å². The smallest absolute Gasteiger partial charge is 0.315 e. The minimum absolute atomic E-state index is 0.153. The van der Waals surface area contributed by atoms with Crippen molar-refractivity contribution in [2.24, 2.45) is 5.41 Å². The maximum atomic E-state index is 13.2. The van der Waals surface area contributed by atoms with Crippen LogP contribution in [-0.2, 0) is 16.1 Å². The number of hydrogen-bond acceptors (Lipinski definition) is 3. The number of carboxylic acids is 1. The zero-order chi connectivity index (χ0) is 19.5. The molecule has 1 aliphatic carbocycles. The number of rotatable bonds is 5. The summed E-state index contributed by atoms with van der Waals surface area (Å²) >= 11 is 0. The van der Waals surface area contributed by atoms with E-state index in [1.54, 1.807) is 11.8 Å². The highest BCUT2D eigenvalue weighted by Crippen LogP contribution is 2.36. The maximum absolute atomic E-state index is 13.2. The van der Waals surface area contributed by atoms with E-state index in [9.17, 15) is 19.5 Å². The van der Waals surface area contributed by atoms with Crippen LogP contribution in [0.1, 0.15) is 44.6 Å². The molecule has 3 N–H and O–H groups in total. The highest BCUT2D eigenvalue weighted by molar-refractivity contribution is 5.92. The first-order chi connectivity index (χ1) is 12.8. The van der Waals surface area contributed by atoms with Gasteiger partial charge >= 0.3 is 12.0 Å². The monoisotopic (exact) mass is 373 g/mol. The van der Waals surface area contributed by atoms with E-state index in [2.05, 4.69) is 10.6 Å². The molecule has 1 saturated heterocycles. The lowest BCUT2D eigenvalue weighted by atomic mass is 9.90. The van der Waals surface area contributed by atoms with Gasteiger partial charge in [-0.2, -0.15) is 0 Å². The Balaban J connectivity index is 1.64. The van der Waals surface area contributed by atoms with Gasteiger partial charge < -0.3 is 20.6 Å². The fraction of sp³-hybridized carbons (Fsp3) is 0.550. The van der Waals surface area contributed by atoms with Gasteiger partial charge in [-0.25, -0.2) is 4.79 Å². The zero-order valence-corrected chi connectivity index (χ0v) is 15.7. The lowest BCUT2D eigenvalue weighted by molar-refractivity contribution is -0.147. The van der Waals surface area contributed by atoms with Crippen molar-refractivity contribution in [2.75, 3.05) is 13.1 Å². The first kappa shape index (κ1) is 19.2. The maximum Gasteiger partial charge on any atom is 0.315 e. The SMILES string of the molecule is CC1(C(=O)O)CCN(C(=O)C2(NC(=O)NCc3ccccc3)CCCC2)C1. The first-order valence-electron chi connectivity index (χ1n) is 9.47. The molecular weight excluding hydrogens is 346 g/mol. The molecule has 3 rings (SSSR count). The van der Waals surface area contributed by atoms with Gasteiger partial charge in [0, 0.05) is 19.6 Å². The molecule has 3 amide bonds. The number of carbonyl (C=O) groups excluding carboxylic acids is 2. The average molecular weight is 373 g/mol. The normalized spacial score (nSPS) is 23.8. The Morgan fingerprint density at radius 3 is 2.37 bits per heavy atom. The van der Waals surface area contributed by atoms with Gasteiger partial charge in [0.2, 0.25) is 5.91 Å². The Morgan fingerprint density at radius 2 is 1.78 bits per heavy atom. The van der Waals surface area contributed by atoms with Crippen molar-refractivity contribution in [3.63, 3.8) is 0 Å². The van der Waals surface area contributed by atoms with Crippen LogP contribution in [0.3, 0.4) is 0 Å². The van der Waals surface area contributed by atoms with E-state index in [0.29, 0.717) is 32.4 Å². The number of hydrogen-bond donors (Lipinski definition) is 3. The summed E-state index contributed by atoms with van der Waals surface area (Å²) in [7, 11) is 0. The molecule has 146 valence electrons. The number of benzene rings is 1. The van der Waals surface area contributed by atoms with Crippen molar-refractivity contribution in [3.8, 4) is 0 Å². The van der Waals surface area contributed by atoms with Crippen LogP contribution in [0.5, 0.6) is 0 Å². The van der Waals surface area contributed by atoms with Gasteiger partial charge in [0.05, 0.1) is 5.41 Å². The zero-order valence-electron chi connectivity index (χ0n) is 15.7. The highest BCUT2D eigenvalue weighted by atomic mass is 16.4. The molecule has 0 radical (unpaired) electrons. The van der Waals surface area contributed by atoms with Crippen molar-refractivity contribution in [1.29, 1.82) is 0 Å². The molecule has 7 heteroatoms. The van der Waals surface area contributed by atoms with Gasteiger partial charge in [-0.3, -0.25) is 9.59 Å². The van der Waals surface area contributed by atoms with E-state index in [4.69, 9.17) is 0 Å². The third-order valence-corrected chi connectivity index (χ3v) is 5.79. The summed E-state index contributed by atoms with van der Waals surface area (Å²) in [6.07, 6.45) is 3.35. The van der Waals surface area contributed by atoms with Crippen molar-refractivity contribution in [3.05, 3.63) is 35.9 Å². The second kappa shape index (κ2) is 7.58. The number of amides is 3. The summed E-state index contributed by atoms with van der Waals surface area (Å²) in [6, 6.07) is 9.21. The van der Waals surface area contributed by atoms with E-state index >= 15 is 0 Å². The van der Waals surface area contributed by atoms with Crippen LogP contribution < -0.4 is 10.6 Å². The summed E-state index contributed by atoms with van der Waals surface area (Å²) in [6.45, 7) is 2.66. The number of urea groups is 1. The van der Waals surface area contributed by atoms with Crippen LogP contribution in [0.15, 0.2) is 30.3 Å². The van der Waals surface area contributed by atoms with Crippen LogP contribution in [0.4, 0.5) is 4.79 Å². The second-order valence-electron chi connectivity index (χ2n) is 7.93. The molecule has 2 aliphatic rings. The Bertz CT molecular complexity index is 715. The molecule has 0 bridgehead atoms. The molecule has 7 nitrogen and oxygen atoms in total. The largest absolute Gasteiger partial charge is 0.481 e. The Labute approximate surface area is 159 Å². The van der Waals surface area contributed by atoms with Gasteiger partial charge in [-0.1, -0.05) is 43.2 Å². The fourth-order valence-corrected chi connectivity index (χ4v) is 4.02. The van der Waals surface area contributed by atoms with Gasteiger partial charge in [0.1, 0.15) is 5.54 Å². The standard InChI is InChI=1S/C20H27N3O4/c1-19(17(25)26)11-12-23(14-19)16(24)20(9-5-6-10-20)22-18(27)21-13-15-7-3-2-4-8-15/h2-4,7-8H,5-6,9-14H2,1H3,(H,25,26)(H2,21,22,27). The summed E-state index contributed by atoms with van der Waals surface area (Å²) in [5, 5.41) is 15.1. The Kier molecular flexibility index (Phi) is 5.39. The third-order valence-electron chi connectivity index (χ3n) is 5.79. The topological polar surface area (TPSA) is 98.7 Å². The third kappa shape index (κ3) is 4.07. The molecule has 27 heavy (non-hydrogen) atoms. The lowest BCUT2D eigenvalue weighted by Gasteiger charge is -2.33. The van der Waals surface area contributed by atoms with Gasteiger partial charge in [-0.15, -0.1) is 0 Å². The van der Waals surface area contributed by atoms with E-state index in [1.807, 2.05) is 30.3 Å². The van der Waals surface area contributed by atoms with Crippen molar-refractivity contribution < 1.29 is 19.5 Å². The number of nitrogens with zero attached hydrogens (tertiary/aromatic N) is 1. The molecule has 2 fully saturated rings. The van der Waals surface area contributed by atoms with Crippen LogP contribution in [0.25, 0.3) is 0 Å². The van der Waals surface area contributed by atoms with Crippen molar-refractivity contribution >= 4 is 17.9 Å². The molecule has 1 unspecified atom stereocenters. The minimum Gasteiger partial charge on any atom is -0.481 e. The van der Waals surface area contributed by atoms with E-state index in [1.165, 1.54) is 0 Å². The molecule has 1 heterocycles. The summed E-state index contributed by atoms with van der Waals surface area (Å²) < 4.78 is 0. The Hall–Kier alpha value is -2.57. The van der Waals surface area contributed by atoms with Crippen molar-refractivity contribution in [1.82, 2.24) is 15.5 Å². The summed E-state index contributed by atoms with van der Waals surface area (Å²) in [5.41, 5.74) is -0.855. The number of aliphatic carboxylic acids is 1. The van der Waals surface area contributed by atoms with Crippen LogP contribution >= 0.6 is 0 Å². The van der Waals surface area contributed by atoms with E-state index < -0.39 is 16.9 Å².